The summed E-state index contributed by atoms with van der Waals surface area (Å²) < 4.78 is 0. The molecule has 0 aliphatic rings. The maximum absolute atomic E-state index is 11.9. The van der Waals surface area contributed by atoms with Crippen molar-refractivity contribution in [2.24, 2.45) is 10.7 Å². The van der Waals surface area contributed by atoms with Gasteiger partial charge >= 0.3 is 0 Å². The fraction of sp³-hybridized carbons (Fsp3) is 0.286. The second-order valence-corrected chi connectivity index (χ2v) is 7.88. The third-order valence-electron chi connectivity index (χ3n) is 3.88. The van der Waals surface area contributed by atoms with Crippen molar-refractivity contribution in [2.75, 3.05) is 25.4 Å². The Balaban J connectivity index is 1.82. The first-order chi connectivity index (χ1) is 14.5. The second-order valence-electron chi connectivity index (χ2n) is 6.27. The zero-order valence-corrected chi connectivity index (χ0v) is 18.4. The number of guanidine groups is 1. The predicted molar refractivity (Wildman–Crippen MR) is 123 cm³/mol. The molecule has 160 valence electrons. The maximum atomic E-state index is 11.9. The van der Waals surface area contributed by atoms with Crippen molar-refractivity contribution in [3.63, 3.8) is 0 Å². The van der Waals surface area contributed by atoms with Gasteiger partial charge in [-0.05, 0) is 48.9 Å². The van der Waals surface area contributed by atoms with Crippen molar-refractivity contribution >= 4 is 41.1 Å². The Bertz CT molecular complexity index is 857. The van der Waals surface area contributed by atoms with Crippen LogP contribution >= 0.6 is 23.4 Å². The SMILES string of the molecule is CCNC(=NCc1ccc(C(=O)NCC(N)=O)cc1)NCCSc1ccc(Cl)cc1. The van der Waals surface area contributed by atoms with E-state index < -0.39 is 5.91 Å². The number of aliphatic imine (C=N–C) groups is 1. The molecule has 0 spiro atoms. The van der Waals surface area contributed by atoms with Gasteiger partial charge in [0.1, 0.15) is 0 Å². The van der Waals surface area contributed by atoms with Gasteiger partial charge in [-0.1, -0.05) is 23.7 Å². The molecule has 30 heavy (non-hydrogen) atoms. The second kappa shape index (κ2) is 12.8. The summed E-state index contributed by atoms with van der Waals surface area (Å²) in [5, 5.41) is 9.73. The average Bonchev–Trinajstić information content (AvgIpc) is 2.74. The summed E-state index contributed by atoms with van der Waals surface area (Å²) in [5.74, 6) is 0.708. The number of primary amides is 1. The van der Waals surface area contributed by atoms with Crippen LogP contribution in [0.4, 0.5) is 0 Å². The van der Waals surface area contributed by atoms with Gasteiger partial charge in [-0.25, -0.2) is 4.99 Å². The van der Waals surface area contributed by atoms with Crippen molar-refractivity contribution in [3.8, 4) is 0 Å². The van der Waals surface area contributed by atoms with E-state index in [2.05, 4.69) is 20.9 Å². The number of hydrogen-bond donors (Lipinski definition) is 4. The van der Waals surface area contributed by atoms with Crippen LogP contribution in [-0.4, -0.2) is 43.2 Å². The molecule has 2 rings (SSSR count). The molecule has 0 bridgehead atoms. The molecule has 0 saturated heterocycles. The van der Waals surface area contributed by atoms with Crippen molar-refractivity contribution in [1.82, 2.24) is 16.0 Å². The number of carbonyl (C=O) groups excluding carboxylic acids is 2. The minimum Gasteiger partial charge on any atom is -0.368 e. The van der Waals surface area contributed by atoms with Crippen LogP contribution in [0.5, 0.6) is 0 Å². The summed E-state index contributed by atoms with van der Waals surface area (Å²) in [7, 11) is 0. The maximum Gasteiger partial charge on any atom is 0.251 e. The lowest BCUT2D eigenvalue weighted by Crippen LogP contribution is -2.38. The number of rotatable bonds is 10. The first kappa shape index (κ1) is 23.6. The summed E-state index contributed by atoms with van der Waals surface area (Å²) in [6, 6.07) is 14.8. The molecule has 0 aliphatic carbocycles. The summed E-state index contributed by atoms with van der Waals surface area (Å²) in [6.45, 7) is 3.83. The van der Waals surface area contributed by atoms with E-state index in [4.69, 9.17) is 17.3 Å². The number of carbonyl (C=O) groups is 2. The molecule has 2 aromatic carbocycles. The monoisotopic (exact) mass is 447 g/mol. The van der Waals surface area contributed by atoms with E-state index in [1.54, 1.807) is 23.9 Å². The lowest BCUT2D eigenvalue weighted by atomic mass is 10.1. The molecule has 0 fully saturated rings. The highest BCUT2D eigenvalue weighted by molar-refractivity contribution is 7.99. The smallest absolute Gasteiger partial charge is 0.251 e. The van der Waals surface area contributed by atoms with Gasteiger partial charge in [0.2, 0.25) is 5.91 Å². The zero-order chi connectivity index (χ0) is 21.8. The standard InChI is InChI=1S/C21H26ClN5O2S/c1-2-24-21(25-11-12-30-18-9-7-17(22)8-10-18)27-13-15-3-5-16(6-4-15)20(29)26-14-19(23)28/h3-10H,2,11-14H2,1H3,(H2,23,28)(H,26,29)(H2,24,25,27). The molecule has 7 nitrogen and oxygen atoms in total. The summed E-state index contributed by atoms with van der Waals surface area (Å²) in [4.78, 5) is 28.4. The highest BCUT2D eigenvalue weighted by atomic mass is 35.5. The largest absolute Gasteiger partial charge is 0.368 e. The third kappa shape index (κ3) is 8.75. The molecule has 0 saturated carbocycles. The van der Waals surface area contributed by atoms with E-state index in [0.29, 0.717) is 12.1 Å². The predicted octanol–water partition coefficient (Wildman–Crippen LogP) is 2.40. The Kier molecular flexibility index (Phi) is 10.0. The van der Waals surface area contributed by atoms with Gasteiger partial charge in [-0.15, -0.1) is 11.8 Å². The van der Waals surface area contributed by atoms with E-state index in [0.717, 1.165) is 35.4 Å². The van der Waals surface area contributed by atoms with Gasteiger partial charge in [-0.3, -0.25) is 9.59 Å². The van der Waals surface area contributed by atoms with Crippen molar-refractivity contribution in [3.05, 3.63) is 64.7 Å². The van der Waals surface area contributed by atoms with Crippen LogP contribution in [0.25, 0.3) is 0 Å². The van der Waals surface area contributed by atoms with E-state index in [-0.39, 0.29) is 12.5 Å². The Labute approximate surface area is 185 Å². The van der Waals surface area contributed by atoms with Crippen LogP contribution in [0.1, 0.15) is 22.8 Å². The number of nitrogens with one attached hydrogen (secondary N) is 3. The normalized spacial score (nSPS) is 11.1. The summed E-state index contributed by atoms with van der Waals surface area (Å²) in [5.41, 5.74) is 6.46. The number of nitrogens with zero attached hydrogens (tertiary/aromatic N) is 1. The van der Waals surface area contributed by atoms with Crippen LogP contribution in [0.3, 0.4) is 0 Å². The van der Waals surface area contributed by atoms with E-state index in [1.807, 2.05) is 43.3 Å². The summed E-state index contributed by atoms with van der Waals surface area (Å²) in [6.07, 6.45) is 0. The molecule has 0 aliphatic heterocycles. The number of benzene rings is 2. The minimum absolute atomic E-state index is 0.182. The molecule has 2 aromatic rings. The molecular formula is C21H26ClN5O2S. The first-order valence-electron chi connectivity index (χ1n) is 9.54. The van der Waals surface area contributed by atoms with Crippen LogP contribution in [0, 0.1) is 0 Å². The lowest BCUT2D eigenvalue weighted by molar-refractivity contribution is -0.117. The number of thioether (sulfide) groups is 1. The summed E-state index contributed by atoms with van der Waals surface area (Å²) >= 11 is 7.64. The van der Waals surface area contributed by atoms with Crippen molar-refractivity contribution in [1.29, 1.82) is 0 Å². The fourth-order valence-electron chi connectivity index (χ4n) is 2.41. The molecule has 0 aromatic heterocycles. The van der Waals surface area contributed by atoms with Crippen molar-refractivity contribution in [2.45, 2.75) is 18.4 Å². The Hall–Kier alpha value is -2.71. The topological polar surface area (TPSA) is 109 Å². The van der Waals surface area contributed by atoms with Crippen LogP contribution < -0.4 is 21.7 Å². The molecule has 0 unspecified atom stereocenters. The third-order valence-corrected chi connectivity index (χ3v) is 5.15. The molecule has 5 N–H and O–H groups in total. The van der Waals surface area contributed by atoms with Gasteiger partial charge in [0.15, 0.2) is 5.96 Å². The first-order valence-corrected chi connectivity index (χ1v) is 10.9. The fourth-order valence-corrected chi connectivity index (χ4v) is 3.31. The van der Waals surface area contributed by atoms with Gasteiger partial charge in [0.05, 0.1) is 13.1 Å². The quantitative estimate of drug-likeness (QED) is 0.193. The zero-order valence-electron chi connectivity index (χ0n) is 16.8. The van der Waals surface area contributed by atoms with Crippen LogP contribution in [0.15, 0.2) is 58.4 Å². The number of hydrogen-bond acceptors (Lipinski definition) is 4. The molecule has 0 radical (unpaired) electrons. The molecule has 9 heteroatoms. The van der Waals surface area contributed by atoms with Crippen LogP contribution in [-0.2, 0) is 11.3 Å². The van der Waals surface area contributed by atoms with E-state index in [1.165, 1.54) is 4.90 Å². The molecular weight excluding hydrogens is 422 g/mol. The van der Waals surface area contributed by atoms with E-state index in [9.17, 15) is 9.59 Å². The minimum atomic E-state index is -0.579. The van der Waals surface area contributed by atoms with Gasteiger partial charge < -0.3 is 21.7 Å². The molecule has 0 atom stereocenters. The van der Waals surface area contributed by atoms with Gasteiger partial charge in [-0.2, -0.15) is 0 Å². The molecule has 0 heterocycles. The van der Waals surface area contributed by atoms with Crippen molar-refractivity contribution < 1.29 is 9.59 Å². The van der Waals surface area contributed by atoms with Gasteiger partial charge in [0.25, 0.3) is 5.91 Å². The molecule has 2 amide bonds. The number of halogens is 1. The Morgan fingerprint density at radius 1 is 1.03 bits per heavy atom. The van der Waals surface area contributed by atoms with E-state index >= 15 is 0 Å². The lowest BCUT2D eigenvalue weighted by Gasteiger charge is -2.11. The number of nitrogens with two attached hydrogens (primary N) is 1. The Morgan fingerprint density at radius 3 is 2.37 bits per heavy atom. The van der Waals surface area contributed by atoms with Gasteiger partial charge in [0, 0.05) is 34.3 Å². The average molecular weight is 448 g/mol. The highest BCUT2D eigenvalue weighted by Crippen LogP contribution is 2.19. The highest BCUT2D eigenvalue weighted by Gasteiger charge is 2.06. The van der Waals surface area contributed by atoms with Crippen LogP contribution in [0.2, 0.25) is 5.02 Å². The Morgan fingerprint density at radius 2 is 1.73 bits per heavy atom. The number of amides is 2.